The van der Waals surface area contributed by atoms with Crippen molar-refractivity contribution in [1.29, 1.82) is 0 Å². The smallest absolute Gasteiger partial charge is 0.180 e. The van der Waals surface area contributed by atoms with Crippen molar-refractivity contribution in [3.8, 4) is 0 Å². The molecule has 0 atom stereocenters. The monoisotopic (exact) mass is 210 g/mol. The fourth-order valence-electron chi connectivity index (χ4n) is 1.55. The number of benzene rings is 1. The van der Waals surface area contributed by atoms with Crippen LogP contribution in [-0.2, 0) is 7.05 Å². The number of hydrogen-bond acceptors (Lipinski definition) is 2. The van der Waals surface area contributed by atoms with Gasteiger partial charge in [0.25, 0.3) is 0 Å². The van der Waals surface area contributed by atoms with Crippen molar-refractivity contribution < 1.29 is 13.6 Å². The average molecular weight is 210 g/mol. The molecule has 0 aliphatic rings. The average Bonchev–Trinajstić information content (AvgIpc) is 2.44. The van der Waals surface area contributed by atoms with Gasteiger partial charge in [0.05, 0.1) is 10.9 Å². The van der Waals surface area contributed by atoms with E-state index in [-0.39, 0.29) is 22.4 Å². The third-order valence-corrected chi connectivity index (χ3v) is 2.20. The number of hydrogen-bond donors (Lipinski definition) is 0. The first kappa shape index (κ1) is 9.76. The van der Waals surface area contributed by atoms with Gasteiger partial charge in [-0.15, -0.1) is 0 Å². The van der Waals surface area contributed by atoms with Gasteiger partial charge in [0.2, 0.25) is 0 Å². The number of fused-ring (bicyclic) bond motifs is 1. The number of carbonyl (C=O) groups is 1. The first-order valence-corrected chi connectivity index (χ1v) is 4.33. The normalized spacial score (nSPS) is 10.9. The quantitative estimate of drug-likeness (QED) is 0.675. The van der Waals surface area contributed by atoms with E-state index in [1.165, 1.54) is 18.7 Å². The molecular formula is C10H8F2N2O. The molecule has 0 aliphatic heterocycles. The molecule has 0 saturated heterocycles. The molecule has 1 aromatic heterocycles. The Morgan fingerprint density at radius 2 is 2.07 bits per heavy atom. The lowest BCUT2D eigenvalue weighted by atomic mass is 10.1. The minimum absolute atomic E-state index is 0.0324. The third kappa shape index (κ3) is 1.40. The predicted octanol–water partition coefficient (Wildman–Crippen LogP) is 2.05. The van der Waals surface area contributed by atoms with Gasteiger partial charge < -0.3 is 0 Å². The Bertz CT molecular complexity index is 560. The second kappa shape index (κ2) is 3.12. The zero-order valence-electron chi connectivity index (χ0n) is 8.21. The molecule has 1 aromatic carbocycles. The van der Waals surface area contributed by atoms with Gasteiger partial charge in [0, 0.05) is 20.0 Å². The molecule has 0 bridgehead atoms. The fraction of sp³-hybridized carbons (Fsp3) is 0.200. The van der Waals surface area contributed by atoms with E-state index in [0.29, 0.717) is 0 Å². The maximum Gasteiger partial charge on any atom is 0.180 e. The van der Waals surface area contributed by atoms with Crippen molar-refractivity contribution in [3.63, 3.8) is 0 Å². The summed E-state index contributed by atoms with van der Waals surface area (Å²) >= 11 is 0. The van der Waals surface area contributed by atoms with E-state index in [4.69, 9.17) is 0 Å². The van der Waals surface area contributed by atoms with Crippen molar-refractivity contribution in [2.24, 2.45) is 7.05 Å². The van der Waals surface area contributed by atoms with Crippen LogP contribution in [0.1, 0.15) is 17.4 Å². The minimum atomic E-state index is -0.761. The molecule has 3 nitrogen and oxygen atoms in total. The van der Waals surface area contributed by atoms with Crippen LogP contribution in [0, 0.1) is 11.6 Å². The number of aryl methyl sites for hydroxylation is 1. The van der Waals surface area contributed by atoms with Crippen LogP contribution in [0.15, 0.2) is 12.1 Å². The van der Waals surface area contributed by atoms with Crippen molar-refractivity contribution in [1.82, 2.24) is 9.78 Å². The Balaban J connectivity index is 2.93. The van der Waals surface area contributed by atoms with Crippen LogP contribution in [0.5, 0.6) is 0 Å². The maximum atomic E-state index is 13.4. The van der Waals surface area contributed by atoms with Gasteiger partial charge in [-0.25, -0.2) is 8.78 Å². The van der Waals surface area contributed by atoms with Gasteiger partial charge in [-0.2, -0.15) is 5.10 Å². The molecule has 2 rings (SSSR count). The van der Waals surface area contributed by atoms with Gasteiger partial charge in [-0.3, -0.25) is 9.48 Å². The van der Waals surface area contributed by atoms with Crippen molar-refractivity contribution >= 4 is 16.7 Å². The lowest BCUT2D eigenvalue weighted by Gasteiger charge is -1.95. The molecule has 0 N–H and O–H groups in total. The van der Waals surface area contributed by atoms with Crippen LogP contribution in [0.25, 0.3) is 10.9 Å². The summed E-state index contributed by atoms with van der Waals surface area (Å²) in [7, 11) is 1.54. The fourth-order valence-corrected chi connectivity index (χ4v) is 1.55. The summed E-state index contributed by atoms with van der Waals surface area (Å²) in [5.41, 5.74) is 0.308. The maximum absolute atomic E-state index is 13.4. The Hall–Kier alpha value is -1.78. The standard InChI is InChI=1S/C10H8F2N2O/c1-5(15)10-9-7(12)3-6(11)4-8(9)14(2)13-10/h3-4H,1-2H3. The lowest BCUT2D eigenvalue weighted by molar-refractivity contribution is 0.101. The predicted molar refractivity (Wildman–Crippen MR) is 50.6 cm³/mol. The van der Waals surface area contributed by atoms with Gasteiger partial charge in [-0.05, 0) is 6.07 Å². The third-order valence-electron chi connectivity index (χ3n) is 2.20. The van der Waals surface area contributed by atoms with Crippen molar-refractivity contribution in [2.75, 3.05) is 0 Å². The molecule has 0 spiro atoms. The summed E-state index contributed by atoms with van der Waals surface area (Å²) in [6.07, 6.45) is 0. The highest BCUT2D eigenvalue weighted by Crippen LogP contribution is 2.23. The molecule has 0 aliphatic carbocycles. The summed E-state index contributed by atoms with van der Waals surface area (Å²) in [6.45, 7) is 1.30. The summed E-state index contributed by atoms with van der Waals surface area (Å²) in [6, 6.07) is 1.90. The Morgan fingerprint density at radius 1 is 1.40 bits per heavy atom. The van der Waals surface area contributed by atoms with Gasteiger partial charge in [0.15, 0.2) is 5.78 Å². The van der Waals surface area contributed by atoms with E-state index >= 15 is 0 Å². The molecule has 5 heteroatoms. The van der Waals surface area contributed by atoms with Crippen LogP contribution in [0.3, 0.4) is 0 Å². The largest absolute Gasteiger partial charge is 0.293 e. The van der Waals surface area contributed by atoms with Crippen LogP contribution in [0.2, 0.25) is 0 Å². The number of aromatic nitrogens is 2. The molecule has 1 heterocycles. The second-order valence-corrected chi connectivity index (χ2v) is 3.31. The number of nitrogens with zero attached hydrogens (tertiary/aromatic N) is 2. The van der Waals surface area contributed by atoms with E-state index in [9.17, 15) is 13.6 Å². The zero-order chi connectivity index (χ0) is 11.2. The molecular weight excluding hydrogens is 202 g/mol. The molecule has 0 radical (unpaired) electrons. The number of halogens is 2. The molecule has 0 unspecified atom stereocenters. The van der Waals surface area contributed by atoms with Gasteiger partial charge in [-0.1, -0.05) is 0 Å². The van der Waals surface area contributed by atoms with Crippen molar-refractivity contribution in [3.05, 3.63) is 29.5 Å². The Kier molecular flexibility index (Phi) is 2.03. The van der Waals surface area contributed by atoms with Crippen molar-refractivity contribution in [2.45, 2.75) is 6.92 Å². The van der Waals surface area contributed by atoms with Crippen LogP contribution in [0.4, 0.5) is 8.78 Å². The highest BCUT2D eigenvalue weighted by molar-refractivity contribution is 6.05. The summed E-state index contributed by atoms with van der Waals surface area (Å²) in [5, 5.41) is 3.93. The summed E-state index contributed by atoms with van der Waals surface area (Å²) in [4.78, 5) is 11.2. The molecule has 0 fully saturated rings. The summed E-state index contributed by atoms with van der Waals surface area (Å²) < 4.78 is 27.6. The van der Waals surface area contributed by atoms with Gasteiger partial charge >= 0.3 is 0 Å². The van der Waals surface area contributed by atoms with E-state index in [1.807, 2.05) is 0 Å². The Labute approximate surface area is 84.3 Å². The number of carbonyl (C=O) groups excluding carboxylic acids is 1. The molecule has 0 amide bonds. The molecule has 15 heavy (non-hydrogen) atoms. The van der Waals surface area contributed by atoms with E-state index in [0.717, 1.165) is 12.1 Å². The number of ketones is 1. The summed E-state index contributed by atoms with van der Waals surface area (Å²) in [5.74, 6) is -1.78. The molecule has 2 aromatic rings. The highest BCUT2D eigenvalue weighted by atomic mass is 19.1. The minimum Gasteiger partial charge on any atom is -0.293 e. The SMILES string of the molecule is CC(=O)c1nn(C)c2cc(F)cc(F)c12. The Morgan fingerprint density at radius 3 is 2.67 bits per heavy atom. The van der Waals surface area contributed by atoms with Crippen LogP contribution >= 0.6 is 0 Å². The molecule has 0 saturated carbocycles. The number of rotatable bonds is 1. The van der Waals surface area contributed by atoms with Crippen LogP contribution < -0.4 is 0 Å². The zero-order valence-corrected chi connectivity index (χ0v) is 8.21. The highest BCUT2D eigenvalue weighted by Gasteiger charge is 2.17. The topological polar surface area (TPSA) is 34.9 Å². The molecule has 78 valence electrons. The van der Waals surface area contributed by atoms with E-state index in [2.05, 4.69) is 5.10 Å². The number of Topliss-reactive ketones (excluding diaryl/α,β-unsaturated/α-hetero) is 1. The van der Waals surface area contributed by atoms with Crippen LogP contribution in [-0.4, -0.2) is 15.6 Å². The first-order chi connectivity index (χ1) is 7.00. The van der Waals surface area contributed by atoms with E-state index in [1.54, 1.807) is 0 Å². The first-order valence-electron chi connectivity index (χ1n) is 4.33. The second-order valence-electron chi connectivity index (χ2n) is 3.31. The lowest BCUT2D eigenvalue weighted by Crippen LogP contribution is -1.96. The van der Waals surface area contributed by atoms with Gasteiger partial charge in [0.1, 0.15) is 17.3 Å². The van der Waals surface area contributed by atoms with E-state index < -0.39 is 11.6 Å².